The van der Waals surface area contributed by atoms with Gasteiger partial charge in [-0.15, -0.1) is 0 Å². The lowest BCUT2D eigenvalue weighted by molar-refractivity contribution is -0.145. The van der Waals surface area contributed by atoms with Crippen molar-refractivity contribution in [2.75, 3.05) is 6.61 Å². The molecule has 1 aromatic heterocycles. The zero-order valence-electron chi connectivity index (χ0n) is 15.0. The fourth-order valence-corrected chi connectivity index (χ4v) is 3.94. The monoisotopic (exact) mass is 345 g/mol. The Balaban J connectivity index is 1.91. The van der Waals surface area contributed by atoms with Crippen LogP contribution in [0.3, 0.4) is 0 Å². The van der Waals surface area contributed by atoms with Crippen molar-refractivity contribution in [2.24, 2.45) is 0 Å². The molecular weight excluding hydrogens is 322 g/mol. The molecule has 0 radical (unpaired) electrons. The van der Waals surface area contributed by atoms with Crippen LogP contribution in [-0.2, 0) is 16.1 Å². The highest BCUT2D eigenvalue weighted by molar-refractivity contribution is 5.84. The Labute approximate surface area is 154 Å². The first-order chi connectivity index (χ1) is 12.8. The standard InChI is InChI=1S/C23H23NO2/c1-2-26-23(25)19-14-9-15-24-21(18-12-7-4-8-13-18)16-20(22(19)24)17-10-5-3-6-11-17/h3-8,10-13,16,19H,2,9,14-15H2,1H3. The lowest BCUT2D eigenvalue weighted by Gasteiger charge is -2.26. The highest BCUT2D eigenvalue weighted by atomic mass is 16.5. The predicted molar refractivity (Wildman–Crippen MR) is 104 cm³/mol. The molecule has 0 amide bonds. The first kappa shape index (κ1) is 16.6. The third-order valence-corrected chi connectivity index (χ3v) is 5.07. The second kappa shape index (κ2) is 7.20. The lowest BCUT2D eigenvalue weighted by atomic mass is 9.91. The third-order valence-electron chi connectivity index (χ3n) is 5.07. The summed E-state index contributed by atoms with van der Waals surface area (Å²) in [6, 6.07) is 23.0. The van der Waals surface area contributed by atoms with Crippen molar-refractivity contribution in [2.45, 2.75) is 32.2 Å². The summed E-state index contributed by atoms with van der Waals surface area (Å²) in [6.45, 7) is 3.22. The highest BCUT2D eigenvalue weighted by Crippen LogP contribution is 2.41. The first-order valence-corrected chi connectivity index (χ1v) is 9.30. The maximum atomic E-state index is 12.7. The van der Waals surface area contributed by atoms with Crippen LogP contribution in [0.5, 0.6) is 0 Å². The van der Waals surface area contributed by atoms with Gasteiger partial charge in [0.2, 0.25) is 0 Å². The molecule has 132 valence electrons. The number of ether oxygens (including phenoxy) is 1. The quantitative estimate of drug-likeness (QED) is 0.604. The van der Waals surface area contributed by atoms with Crippen LogP contribution >= 0.6 is 0 Å². The Kier molecular flexibility index (Phi) is 4.61. The van der Waals surface area contributed by atoms with Gasteiger partial charge in [-0.2, -0.15) is 0 Å². The molecule has 0 aliphatic carbocycles. The van der Waals surface area contributed by atoms with Gasteiger partial charge in [-0.3, -0.25) is 4.79 Å². The van der Waals surface area contributed by atoms with Crippen LogP contribution < -0.4 is 0 Å². The van der Waals surface area contributed by atoms with Gasteiger partial charge in [0.25, 0.3) is 0 Å². The Morgan fingerprint density at radius 2 is 1.69 bits per heavy atom. The minimum Gasteiger partial charge on any atom is -0.465 e. The third kappa shape index (κ3) is 2.94. The molecule has 0 fully saturated rings. The van der Waals surface area contributed by atoms with Crippen LogP contribution in [0.1, 0.15) is 31.4 Å². The van der Waals surface area contributed by atoms with Gasteiger partial charge in [-0.1, -0.05) is 60.7 Å². The van der Waals surface area contributed by atoms with Crippen molar-refractivity contribution in [1.82, 2.24) is 4.57 Å². The fourth-order valence-electron chi connectivity index (χ4n) is 3.94. The predicted octanol–water partition coefficient (Wildman–Crippen LogP) is 5.26. The smallest absolute Gasteiger partial charge is 0.314 e. The lowest BCUT2D eigenvalue weighted by Crippen LogP contribution is -2.24. The average molecular weight is 345 g/mol. The molecule has 2 aromatic carbocycles. The summed E-state index contributed by atoms with van der Waals surface area (Å²) in [7, 11) is 0. The van der Waals surface area contributed by atoms with E-state index in [1.807, 2.05) is 31.2 Å². The van der Waals surface area contributed by atoms with E-state index in [9.17, 15) is 4.79 Å². The number of carbonyl (C=O) groups excluding carboxylic acids is 1. The molecule has 3 nitrogen and oxygen atoms in total. The van der Waals surface area contributed by atoms with Gasteiger partial charge in [-0.05, 0) is 37.0 Å². The van der Waals surface area contributed by atoms with Crippen LogP contribution in [0.15, 0.2) is 66.7 Å². The Morgan fingerprint density at radius 3 is 2.35 bits per heavy atom. The van der Waals surface area contributed by atoms with Crippen LogP contribution in [0, 0.1) is 0 Å². The second-order valence-electron chi connectivity index (χ2n) is 6.66. The summed E-state index contributed by atoms with van der Waals surface area (Å²) in [6.07, 6.45) is 1.83. The van der Waals surface area contributed by atoms with E-state index in [0.29, 0.717) is 6.61 Å². The molecule has 26 heavy (non-hydrogen) atoms. The minimum absolute atomic E-state index is 0.108. The molecule has 0 saturated heterocycles. The molecule has 1 aliphatic rings. The molecule has 0 spiro atoms. The van der Waals surface area contributed by atoms with Crippen LogP contribution in [0.2, 0.25) is 0 Å². The van der Waals surface area contributed by atoms with Crippen LogP contribution in [-0.4, -0.2) is 17.1 Å². The van der Waals surface area contributed by atoms with Gasteiger partial charge in [-0.25, -0.2) is 0 Å². The summed E-state index contributed by atoms with van der Waals surface area (Å²) in [4.78, 5) is 12.7. The molecule has 3 heteroatoms. The Morgan fingerprint density at radius 1 is 1.04 bits per heavy atom. The molecule has 0 bridgehead atoms. The zero-order chi connectivity index (χ0) is 17.9. The maximum Gasteiger partial charge on any atom is 0.314 e. The molecule has 1 atom stereocenters. The molecule has 4 rings (SSSR count). The number of benzene rings is 2. The molecular formula is C23H23NO2. The number of hydrogen-bond donors (Lipinski definition) is 0. The van der Waals surface area contributed by atoms with E-state index in [1.165, 1.54) is 11.3 Å². The number of esters is 1. The first-order valence-electron chi connectivity index (χ1n) is 9.30. The highest BCUT2D eigenvalue weighted by Gasteiger charge is 2.33. The van der Waals surface area contributed by atoms with Crippen molar-refractivity contribution in [1.29, 1.82) is 0 Å². The second-order valence-corrected chi connectivity index (χ2v) is 6.66. The Hall–Kier alpha value is -2.81. The Bertz CT molecular complexity index is 897. The summed E-state index contributed by atoms with van der Waals surface area (Å²) < 4.78 is 7.71. The van der Waals surface area contributed by atoms with E-state index in [4.69, 9.17) is 4.74 Å². The SMILES string of the molecule is CCOC(=O)C1CCCn2c(-c3ccccc3)cc(-c3ccccc3)c21. The minimum atomic E-state index is -0.198. The number of fused-ring (bicyclic) bond motifs is 1. The normalized spacial score (nSPS) is 16.1. The van der Waals surface area contributed by atoms with Crippen LogP contribution in [0.25, 0.3) is 22.4 Å². The van der Waals surface area contributed by atoms with E-state index in [-0.39, 0.29) is 11.9 Å². The maximum absolute atomic E-state index is 12.7. The molecule has 2 heterocycles. The van der Waals surface area contributed by atoms with Gasteiger partial charge >= 0.3 is 5.97 Å². The number of nitrogens with zero attached hydrogens (tertiary/aromatic N) is 1. The topological polar surface area (TPSA) is 31.2 Å². The van der Waals surface area contributed by atoms with Crippen molar-refractivity contribution in [3.63, 3.8) is 0 Å². The van der Waals surface area contributed by atoms with Gasteiger partial charge in [0.15, 0.2) is 0 Å². The molecule has 1 unspecified atom stereocenters. The van der Waals surface area contributed by atoms with E-state index in [2.05, 4.69) is 47.0 Å². The molecule has 1 aliphatic heterocycles. The van der Waals surface area contributed by atoms with Gasteiger partial charge < -0.3 is 9.30 Å². The number of aromatic nitrogens is 1. The summed E-state index contributed by atoms with van der Waals surface area (Å²) in [5, 5.41) is 0. The van der Waals surface area contributed by atoms with E-state index in [0.717, 1.165) is 36.2 Å². The van der Waals surface area contributed by atoms with Gasteiger partial charge in [0.05, 0.1) is 12.5 Å². The van der Waals surface area contributed by atoms with Crippen molar-refractivity contribution >= 4 is 5.97 Å². The summed E-state index contributed by atoms with van der Waals surface area (Å²) in [5.74, 6) is -0.306. The van der Waals surface area contributed by atoms with E-state index < -0.39 is 0 Å². The molecule has 0 N–H and O–H groups in total. The van der Waals surface area contributed by atoms with Crippen molar-refractivity contribution < 1.29 is 9.53 Å². The zero-order valence-corrected chi connectivity index (χ0v) is 15.0. The summed E-state index contributed by atoms with van der Waals surface area (Å²) >= 11 is 0. The largest absolute Gasteiger partial charge is 0.465 e. The van der Waals surface area contributed by atoms with Crippen molar-refractivity contribution in [3.8, 4) is 22.4 Å². The number of hydrogen-bond acceptors (Lipinski definition) is 2. The van der Waals surface area contributed by atoms with Crippen molar-refractivity contribution in [3.05, 3.63) is 72.4 Å². The number of rotatable bonds is 4. The van der Waals surface area contributed by atoms with E-state index in [1.54, 1.807) is 0 Å². The van der Waals surface area contributed by atoms with Crippen LogP contribution in [0.4, 0.5) is 0 Å². The average Bonchev–Trinajstić information content (AvgIpc) is 3.09. The number of carbonyl (C=O) groups is 1. The fraction of sp³-hybridized carbons (Fsp3) is 0.261. The van der Waals surface area contributed by atoms with E-state index >= 15 is 0 Å². The van der Waals surface area contributed by atoms with Gasteiger partial charge in [0.1, 0.15) is 0 Å². The summed E-state index contributed by atoms with van der Waals surface area (Å²) in [5.41, 5.74) is 5.74. The molecule has 3 aromatic rings. The molecule has 0 saturated carbocycles. The van der Waals surface area contributed by atoms with Gasteiger partial charge in [0, 0.05) is 23.5 Å².